The molecule has 0 bridgehead atoms. The summed E-state index contributed by atoms with van der Waals surface area (Å²) < 4.78 is 0.803. The summed E-state index contributed by atoms with van der Waals surface area (Å²) in [6.07, 6.45) is 1.55. The highest BCUT2D eigenvalue weighted by Gasteiger charge is 2.08. The number of nitrogens with zero attached hydrogens (tertiary/aromatic N) is 1. The number of benzene rings is 1. The van der Waals surface area contributed by atoms with Gasteiger partial charge in [-0.3, -0.25) is 4.79 Å². The van der Waals surface area contributed by atoms with E-state index in [1.165, 1.54) is 6.07 Å². The first-order chi connectivity index (χ1) is 9.06. The lowest BCUT2D eigenvalue weighted by Crippen LogP contribution is -2.23. The van der Waals surface area contributed by atoms with Gasteiger partial charge in [0.05, 0.1) is 0 Å². The Hall–Kier alpha value is -2.08. The average Bonchev–Trinajstić information content (AvgIpc) is 2.40. The molecule has 98 valence electrons. The smallest absolute Gasteiger partial charge is 0.270 e. The highest BCUT2D eigenvalue weighted by molar-refractivity contribution is 9.10. The maximum absolute atomic E-state index is 11.8. The third-order valence-electron chi connectivity index (χ3n) is 2.50. The molecule has 2 rings (SSSR count). The molecule has 5 nitrogen and oxygen atoms in total. The lowest BCUT2D eigenvalue weighted by Gasteiger charge is -2.07. The van der Waals surface area contributed by atoms with Gasteiger partial charge in [-0.05, 0) is 46.3 Å². The number of carbonyl (C=O) groups excluding carboxylic acids is 1. The van der Waals surface area contributed by atoms with Crippen molar-refractivity contribution in [3.63, 3.8) is 0 Å². The average molecular weight is 322 g/mol. The van der Waals surface area contributed by atoms with E-state index in [0.29, 0.717) is 16.9 Å². The van der Waals surface area contributed by atoms with Crippen molar-refractivity contribution in [2.24, 2.45) is 0 Å². The predicted octanol–water partition coefficient (Wildman–Crippen LogP) is 2.06. The number of aromatic nitrogens is 1. The summed E-state index contributed by atoms with van der Waals surface area (Å²) in [4.78, 5) is 15.8. The molecule has 0 aliphatic heterocycles. The topological polar surface area (TPSA) is 88.2 Å². The Labute approximate surface area is 118 Å². The Kier molecular flexibility index (Phi) is 4.01. The number of hydrogen-bond acceptors (Lipinski definition) is 4. The molecular formula is C13H12BrN3O2. The first kappa shape index (κ1) is 13.4. The van der Waals surface area contributed by atoms with Crippen LogP contribution in [0.25, 0.3) is 0 Å². The molecule has 1 amide bonds. The molecule has 19 heavy (non-hydrogen) atoms. The second-order valence-electron chi connectivity index (χ2n) is 3.93. The zero-order valence-corrected chi connectivity index (χ0v) is 11.5. The zero-order chi connectivity index (χ0) is 13.8. The van der Waals surface area contributed by atoms with Crippen molar-refractivity contribution in [2.45, 2.75) is 6.54 Å². The van der Waals surface area contributed by atoms with E-state index in [2.05, 4.69) is 26.2 Å². The highest BCUT2D eigenvalue weighted by atomic mass is 79.9. The number of nitrogens with two attached hydrogens (primary N) is 1. The minimum atomic E-state index is -0.311. The Balaban J connectivity index is 2.04. The maximum atomic E-state index is 11.8. The van der Waals surface area contributed by atoms with Crippen LogP contribution in [-0.4, -0.2) is 16.0 Å². The van der Waals surface area contributed by atoms with Crippen molar-refractivity contribution >= 4 is 27.5 Å². The number of hydrogen-bond donors (Lipinski definition) is 3. The number of aromatic hydroxyl groups is 1. The minimum absolute atomic E-state index is 0.0956. The molecule has 6 heteroatoms. The molecule has 1 heterocycles. The first-order valence-corrected chi connectivity index (χ1v) is 6.32. The minimum Gasteiger partial charge on any atom is -0.508 e. The van der Waals surface area contributed by atoms with E-state index in [1.807, 2.05) is 0 Å². The summed E-state index contributed by atoms with van der Waals surface area (Å²) in [5.74, 6) is -0.215. The number of rotatable bonds is 3. The highest BCUT2D eigenvalue weighted by Crippen LogP contribution is 2.19. The number of pyridine rings is 1. The van der Waals surface area contributed by atoms with Crippen molar-refractivity contribution in [2.75, 3.05) is 5.73 Å². The molecule has 0 aliphatic rings. The van der Waals surface area contributed by atoms with Crippen LogP contribution in [0, 0.1) is 0 Å². The number of amides is 1. The summed E-state index contributed by atoms with van der Waals surface area (Å²) in [6, 6.07) is 8.05. The van der Waals surface area contributed by atoms with Gasteiger partial charge in [-0.25, -0.2) is 4.98 Å². The van der Waals surface area contributed by atoms with Crippen molar-refractivity contribution in [1.82, 2.24) is 10.3 Å². The quantitative estimate of drug-likeness (QED) is 0.596. The van der Waals surface area contributed by atoms with Gasteiger partial charge in [0, 0.05) is 28.5 Å². The fourth-order valence-corrected chi connectivity index (χ4v) is 1.76. The van der Waals surface area contributed by atoms with Crippen LogP contribution in [0.4, 0.5) is 5.69 Å². The number of phenolic OH excluding ortho intramolecular Hbond substituents is 1. The van der Waals surface area contributed by atoms with E-state index in [9.17, 15) is 9.90 Å². The summed E-state index contributed by atoms with van der Waals surface area (Å²) in [5.41, 5.74) is 7.02. The molecule has 1 aromatic carbocycles. The lowest BCUT2D eigenvalue weighted by molar-refractivity contribution is 0.0946. The molecule has 0 radical (unpaired) electrons. The molecule has 0 fully saturated rings. The van der Waals surface area contributed by atoms with Crippen LogP contribution in [0.2, 0.25) is 0 Å². The van der Waals surface area contributed by atoms with Gasteiger partial charge >= 0.3 is 0 Å². The molecule has 0 saturated heterocycles. The van der Waals surface area contributed by atoms with Crippen molar-refractivity contribution in [1.29, 1.82) is 0 Å². The van der Waals surface area contributed by atoms with Crippen LogP contribution in [0.3, 0.4) is 0 Å². The molecule has 0 aliphatic carbocycles. The predicted molar refractivity (Wildman–Crippen MR) is 75.6 cm³/mol. The van der Waals surface area contributed by atoms with Gasteiger partial charge in [-0.15, -0.1) is 0 Å². The maximum Gasteiger partial charge on any atom is 0.270 e. The summed E-state index contributed by atoms with van der Waals surface area (Å²) >= 11 is 3.25. The van der Waals surface area contributed by atoms with E-state index in [1.54, 1.807) is 30.5 Å². The molecule has 1 aromatic heterocycles. The van der Waals surface area contributed by atoms with Crippen LogP contribution >= 0.6 is 15.9 Å². The number of nitrogen functional groups attached to an aromatic ring is 1. The van der Waals surface area contributed by atoms with Gasteiger partial charge in [0.2, 0.25) is 0 Å². The lowest BCUT2D eigenvalue weighted by atomic mass is 10.1. The number of anilines is 1. The van der Waals surface area contributed by atoms with E-state index in [4.69, 9.17) is 5.73 Å². The molecule has 2 aromatic rings. The Morgan fingerprint density at radius 1 is 1.37 bits per heavy atom. The third kappa shape index (κ3) is 3.45. The van der Waals surface area contributed by atoms with Crippen molar-refractivity contribution in [3.05, 3.63) is 52.3 Å². The van der Waals surface area contributed by atoms with Crippen LogP contribution in [0.1, 0.15) is 16.1 Å². The van der Waals surface area contributed by atoms with Gasteiger partial charge in [-0.2, -0.15) is 0 Å². The molecule has 0 saturated carbocycles. The summed E-state index contributed by atoms with van der Waals surface area (Å²) in [6.45, 7) is 0.188. The number of phenols is 1. The van der Waals surface area contributed by atoms with Crippen molar-refractivity contribution < 1.29 is 9.90 Å². The monoisotopic (exact) mass is 321 g/mol. The second-order valence-corrected chi connectivity index (χ2v) is 4.85. The molecule has 0 spiro atoms. The van der Waals surface area contributed by atoms with Gasteiger partial charge in [0.25, 0.3) is 5.91 Å². The molecule has 4 N–H and O–H groups in total. The van der Waals surface area contributed by atoms with Gasteiger partial charge in [0.1, 0.15) is 11.4 Å². The van der Waals surface area contributed by atoms with Crippen LogP contribution < -0.4 is 11.1 Å². The number of halogens is 1. The Morgan fingerprint density at radius 2 is 2.16 bits per heavy atom. The van der Waals surface area contributed by atoms with E-state index < -0.39 is 0 Å². The van der Waals surface area contributed by atoms with E-state index in [0.717, 1.165) is 4.47 Å². The zero-order valence-electron chi connectivity index (χ0n) is 9.93. The van der Waals surface area contributed by atoms with Crippen LogP contribution in [0.5, 0.6) is 5.75 Å². The third-order valence-corrected chi connectivity index (χ3v) is 2.97. The number of carbonyl (C=O) groups is 1. The Bertz CT molecular complexity index is 599. The van der Waals surface area contributed by atoms with Gasteiger partial charge in [0.15, 0.2) is 0 Å². The Morgan fingerprint density at radius 3 is 2.84 bits per heavy atom. The van der Waals surface area contributed by atoms with E-state index >= 15 is 0 Å². The van der Waals surface area contributed by atoms with Crippen molar-refractivity contribution in [3.8, 4) is 5.75 Å². The van der Waals surface area contributed by atoms with Crippen LogP contribution in [-0.2, 0) is 6.54 Å². The fourth-order valence-electron chi connectivity index (χ4n) is 1.52. The summed E-state index contributed by atoms with van der Waals surface area (Å²) in [5, 5.41) is 12.3. The molecule has 0 unspecified atom stereocenters. The van der Waals surface area contributed by atoms with E-state index in [-0.39, 0.29) is 18.2 Å². The first-order valence-electron chi connectivity index (χ1n) is 5.53. The second kappa shape index (κ2) is 5.71. The van der Waals surface area contributed by atoms with Gasteiger partial charge in [-0.1, -0.05) is 0 Å². The van der Waals surface area contributed by atoms with Crippen LogP contribution in [0.15, 0.2) is 41.0 Å². The fraction of sp³-hybridized carbons (Fsp3) is 0.0769. The van der Waals surface area contributed by atoms with Gasteiger partial charge < -0.3 is 16.2 Å². The molecule has 0 atom stereocenters. The molecular weight excluding hydrogens is 310 g/mol. The summed E-state index contributed by atoms with van der Waals surface area (Å²) in [7, 11) is 0. The number of nitrogens with one attached hydrogen (secondary N) is 1. The SMILES string of the molecule is Nc1ccc(O)c(CNC(=O)c2ccc(Br)cn2)c1. The largest absolute Gasteiger partial charge is 0.508 e. The standard InChI is InChI=1S/C13H12BrN3O2/c14-9-1-3-11(16-7-9)13(19)17-6-8-5-10(15)2-4-12(8)18/h1-5,7,18H,6,15H2,(H,17,19). The normalized spacial score (nSPS) is 10.2.